The summed E-state index contributed by atoms with van der Waals surface area (Å²) in [5.74, 6) is 2.41. The van der Waals surface area contributed by atoms with Gasteiger partial charge in [-0.3, -0.25) is 14.7 Å². The molecule has 0 atom stereocenters. The SMILES string of the molecule is CCNC(=NCCc1ccc(OCC(C)C)cc1)NC1CCN(CC(=O)NC)CC1. The van der Waals surface area contributed by atoms with Gasteiger partial charge in [-0.05, 0) is 49.8 Å². The Bertz CT molecular complexity index is 652. The van der Waals surface area contributed by atoms with Gasteiger partial charge < -0.3 is 20.7 Å². The quantitative estimate of drug-likeness (QED) is 0.401. The number of benzene rings is 1. The lowest BCUT2D eigenvalue weighted by atomic mass is 10.1. The first-order valence-electron chi connectivity index (χ1n) is 11.2. The van der Waals surface area contributed by atoms with Crippen LogP contribution in [0.4, 0.5) is 0 Å². The zero-order chi connectivity index (χ0) is 21.8. The number of piperidine rings is 1. The molecule has 1 fully saturated rings. The lowest BCUT2D eigenvalue weighted by Gasteiger charge is -2.32. The molecular weight excluding hydrogens is 378 g/mol. The van der Waals surface area contributed by atoms with Crippen LogP contribution in [0.1, 0.15) is 39.2 Å². The predicted octanol–water partition coefficient (Wildman–Crippen LogP) is 2.03. The molecule has 0 saturated carbocycles. The Morgan fingerprint density at radius 3 is 2.53 bits per heavy atom. The largest absolute Gasteiger partial charge is 0.493 e. The van der Waals surface area contributed by atoms with Crippen LogP contribution in [-0.4, -0.2) is 69.2 Å². The normalized spacial score (nSPS) is 15.8. The molecular formula is C23H39N5O2. The Morgan fingerprint density at radius 2 is 1.93 bits per heavy atom. The molecule has 7 heteroatoms. The van der Waals surface area contributed by atoms with Crippen LogP contribution in [0.3, 0.4) is 0 Å². The second kappa shape index (κ2) is 13.1. The van der Waals surface area contributed by atoms with Gasteiger partial charge in [0, 0.05) is 39.3 Å². The Balaban J connectivity index is 1.77. The van der Waals surface area contributed by atoms with Crippen molar-refractivity contribution in [3.05, 3.63) is 29.8 Å². The van der Waals surface area contributed by atoms with E-state index in [-0.39, 0.29) is 5.91 Å². The van der Waals surface area contributed by atoms with Crippen molar-refractivity contribution in [3.63, 3.8) is 0 Å². The summed E-state index contributed by atoms with van der Waals surface area (Å²) in [5.41, 5.74) is 1.26. The first-order valence-corrected chi connectivity index (χ1v) is 11.2. The van der Waals surface area contributed by atoms with Gasteiger partial charge in [-0.1, -0.05) is 26.0 Å². The highest BCUT2D eigenvalue weighted by molar-refractivity contribution is 5.80. The molecule has 30 heavy (non-hydrogen) atoms. The van der Waals surface area contributed by atoms with Gasteiger partial charge in [0.15, 0.2) is 5.96 Å². The maximum atomic E-state index is 11.5. The van der Waals surface area contributed by atoms with E-state index in [1.54, 1.807) is 7.05 Å². The number of amides is 1. The molecule has 0 aromatic heterocycles. The number of nitrogens with zero attached hydrogens (tertiary/aromatic N) is 2. The van der Waals surface area contributed by atoms with Crippen LogP contribution in [0.5, 0.6) is 5.75 Å². The molecule has 1 aliphatic rings. The number of likely N-dealkylation sites (N-methyl/N-ethyl adjacent to an activating group) is 1. The van der Waals surface area contributed by atoms with Crippen molar-refractivity contribution >= 4 is 11.9 Å². The van der Waals surface area contributed by atoms with Gasteiger partial charge in [0.2, 0.25) is 5.91 Å². The summed E-state index contributed by atoms with van der Waals surface area (Å²) in [7, 11) is 1.69. The Hall–Kier alpha value is -2.28. The molecule has 1 saturated heterocycles. The standard InChI is InChI=1S/C23H39N5O2/c1-5-25-23(27-20-11-14-28(15-12-20)16-22(29)24-4)26-13-10-19-6-8-21(9-7-19)30-17-18(2)3/h6-9,18,20H,5,10-17H2,1-4H3,(H,24,29)(H2,25,26,27). The average Bonchev–Trinajstić information content (AvgIpc) is 2.74. The lowest BCUT2D eigenvalue weighted by molar-refractivity contribution is -0.122. The topological polar surface area (TPSA) is 78.0 Å². The molecule has 0 aliphatic carbocycles. The van der Waals surface area contributed by atoms with Crippen LogP contribution < -0.4 is 20.7 Å². The third-order valence-electron chi connectivity index (χ3n) is 5.10. The van der Waals surface area contributed by atoms with Gasteiger partial charge in [-0.15, -0.1) is 0 Å². The van der Waals surface area contributed by atoms with Crippen LogP contribution >= 0.6 is 0 Å². The van der Waals surface area contributed by atoms with Gasteiger partial charge in [0.1, 0.15) is 5.75 Å². The molecule has 1 amide bonds. The number of likely N-dealkylation sites (tertiary alicyclic amines) is 1. The monoisotopic (exact) mass is 417 g/mol. The van der Waals surface area contributed by atoms with E-state index in [1.807, 2.05) is 12.1 Å². The highest BCUT2D eigenvalue weighted by Gasteiger charge is 2.21. The molecule has 1 aromatic carbocycles. The number of rotatable bonds is 10. The molecule has 168 valence electrons. The van der Waals surface area contributed by atoms with Crippen LogP contribution in [-0.2, 0) is 11.2 Å². The fourth-order valence-electron chi connectivity index (χ4n) is 3.34. The van der Waals surface area contributed by atoms with E-state index in [9.17, 15) is 4.79 Å². The van der Waals surface area contributed by atoms with Gasteiger partial charge in [0.25, 0.3) is 0 Å². The van der Waals surface area contributed by atoms with Crippen molar-refractivity contribution in [1.29, 1.82) is 0 Å². The highest BCUT2D eigenvalue weighted by atomic mass is 16.5. The summed E-state index contributed by atoms with van der Waals surface area (Å²) in [6.07, 6.45) is 2.92. The van der Waals surface area contributed by atoms with E-state index in [0.717, 1.165) is 63.8 Å². The van der Waals surface area contributed by atoms with E-state index in [0.29, 0.717) is 18.5 Å². The summed E-state index contributed by atoms with van der Waals surface area (Å²) >= 11 is 0. The number of guanidine groups is 1. The van der Waals surface area contributed by atoms with E-state index >= 15 is 0 Å². The molecule has 7 nitrogen and oxygen atoms in total. The van der Waals surface area contributed by atoms with Gasteiger partial charge in [-0.25, -0.2) is 0 Å². The summed E-state index contributed by atoms with van der Waals surface area (Å²) in [5, 5.41) is 9.60. The van der Waals surface area contributed by atoms with Crippen LogP contribution in [0.25, 0.3) is 0 Å². The third-order valence-corrected chi connectivity index (χ3v) is 5.10. The summed E-state index contributed by atoms with van der Waals surface area (Å²) in [6, 6.07) is 8.71. The minimum Gasteiger partial charge on any atom is -0.493 e. The molecule has 2 rings (SSSR count). The molecule has 0 bridgehead atoms. The van der Waals surface area contributed by atoms with E-state index < -0.39 is 0 Å². The van der Waals surface area contributed by atoms with Crippen molar-refractivity contribution in [2.75, 3.05) is 46.4 Å². The number of carbonyl (C=O) groups is 1. The highest BCUT2D eigenvalue weighted by Crippen LogP contribution is 2.14. The fraction of sp³-hybridized carbons (Fsp3) is 0.652. The average molecular weight is 418 g/mol. The zero-order valence-electron chi connectivity index (χ0n) is 19.0. The van der Waals surface area contributed by atoms with Gasteiger partial charge in [0.05, 0.1) is 13.2 Å². The molecule has 0 spiro atoms. The maximum Gasteiger partial charge on any atom is 0.233 e. The molecule has 0 radical (unpaired) electrons. The third kappa shape index (κ3) is 9.03. The van der Waals surface area contributed by atoms with Crippen LogP contribution in [0.15, 0.2) is 29.3 Å². The van der Waals surface area contributed by atoms with Crippen LogP contribution in [0, 0.1) is 5.92 Å². The number of ether oxygens (including phenoxy) is 1. The number of nitrogens with one attached hydrogen (secondary N) is 3. The van der Waals surface area contributed by atoms with E-state index in [2.05, 4.69) is 53.8 Å². The molecule has 3 N–H and O–H groups in total. The first-order chi connectivity index (χ1) is 14.5. The second-order valence-electron chi connectivity index (χ2n) is 8.23. The number of aliphatic imine (C=N–C) groups is 1. The minimum atomic E-state index is 0.0795. The van der Waals surface area contributed by atoms with E-state index in [4.69, 9.17) is 9.73 Å². The first kappa shape index (κ1) is 24.0. The summed E-state index contributed by atoms with van der Waals surface area (Å²) in [6.45, 7) is 11.0. The predicted molar refractivity (Wildman–Crippen MR) is 123 cm³/mol. The Kier molecular flexibility index (Phi) is 10.5. The number of hydrogen-bond acceptors (Lipinski definition) is 4. The minimum absolute atomic E-state index is 0.0795. The molecule has 1 heterocycles. The molecule has 1 aliphatic heterocycles. The Labute approximate surface area is 181 Å². The summed E-state index contributed by atoms with van der Waals surface area (Å²) < 4.78 is 5.74. The second-order valence-corrected chi connectivity index (χ2v) is 8.23. The van der Waals surface area contributed by atoms with Crippen molar-refractivity contribution in [2.45, 2.75) is 46.1 Å². The van der Waals surface area contributed by atoms with Crippen molar-refractivity contribution in [2.24, 2.45) is 10.9 Å². The fourth-order valence-corrected chi connectivity index (χ4v) is 3.34. The summed E-state index contributed by atoms with van der Waals surface area (Å²) in [4.78, 5) is 18.5. The van der Waals surface area contributed by atoms with Crippen molar-refractivity contribution in [1.82, 2.24) is 20.9 Å². The van der Waals surface area contributed by atoms with Crippen molar-refractivity contribution in [3.8, 4) is 5.75 Å². The molecule has 1 aromatic rings. The van der Waals surface area contributed by atoms with Crippen molar-refractivity contribution < 1.29 is 9.53 Å². The zero-order valence-corrected chi connectivity index (χ0v) is 19.0. The lowest BCUT2D eigenvalue weighted by Crippen LogP contribution is -2.50. The molecule has 0 unspecified atom stereocenters. The van der Waals surface area contributed by atoms with Gasteiger partial charge >= 0.3 is 0 Å². The Morgan fingerprint density at radius 1 is 1.23 bits per heavy atom. The van der Waals surface area contributed by atoms with Crippen LogP contribution in [0.2, 0.25) is 0 Å². The maximum absolute atomic E-state index is 11.5. The van der Waals surface area contributed by atoms with E-state index in [1.165, 1.54) is 5.56 Å². The van der Waals surface area contributed by atoms with Gasteiger partial charge in [-0.2, -0.15) is 0 Å². The number of hydrogen-bond donors (Lipinski definition) is 3. The number of carbonyl (C=O) groups excluding carboxylic acids is 1. The smallest absolute Gasteiger partial charge is 0.233 e.